The fraction of sp³-hybridized carbons (Fsp3) is 0.433. The van der Waals surface area contributed by atoms with Crippen molar-refractivity contribution in [3.05, 3.63) is 42.7 Å². The summed E-state index contributed by atoms with van der Waals surface area (Å²) in [5.74, 6) is 2.23. The summed E-state index contributed by atoms with van der Waals surface area (Å²) in [5.41, 5.74) is 2.42. The molecule has 234 valence electrons. The number of hydrogen-bond donors (Lipinski definition) is 2. The number of hydrogen-bond acceptors (Lipinski definition) is 10. The monoisotopic (exact) mass is 639 g/mol. The molecule has 0 unspecified atom stereocenters. The van der Waals surface area contributed by atoms with Crippen LogP contribution in [0.15, 0.2) is 47.6 Å². The van der Waals surface area contributed by atoms with Crippen LogP contribution in [0.3, 0.4) is 0 Å². The normalized spacial score (nSPS) is 16.4. The van der Waals surface area contributed by atoms with E-state index in [-0.39, 0.29) is 4.90 Å². The van der Waals surface area contributed by atoms with Gasteiger partial charge in [0.25, 0.3) is 0 Å². The SMILES string of the molecule is COc1cc2c(cc1OCCCN1CCOCC1)[nH]c1ncnc(N3CCN(C(=S)Nc4ccc(S(C)(=O)=O)cc4)CC3)c12. The maximum Gasteiger partial charge on any atom is 0.175 e. The predicted molar refractivity (Wildman–Crippen MR) is 175 cm³/mol. The van der Waals surface area contributed by atoms with Crippen LogP contribution in [0, 0.1) is 0 Å². The molecule has 0 bridgehead atoms. The molecule has 2 aliphatic heterocycles. The fourth-order valence-electron chi connectivity index (χ4n) is 5.63. The second-order valence-corrected chi connectivity index (χ2v) is 13.4. The summed E-state index contributed by atoms with van der Waals surface area (Å²) >= 11 is 5.67. The number of H-pyrrole nitrogens is 1. The smallest absolute Gasteiger partial charge is 0.175 e. The van der Waals surface area contributed by atoms with E-state index in [4.69, 9.17) is 31.4 Å². The Hall–Kier alpha value is -3.72. The van der Waals surface area contributed by atoms with E-state index in [2.05, 4.69) is 30.0 Å². The Balaban J connectivity index is 1.12. The average molecular weight is 640 g/mol. The largest absolute Gasteiger partial charge is 0.493 e. The predicted octanol–water partition coefficient (Wildman–Crippen LogP) is 3.14. The minimum Gasteiger partial charge on any atom is -0.493 e. The summed E-state index contributed by atoms with van der Waals surface area (Å²) in [6.07, 6.45) is 3.70. The molecular formula is C30H37N7O5S2. The van der Waals surface area contributed by atoms with Crippen LogP contribution in [-0.4, -0.2) is 117 Å². The van der Waals surface area contributed by atoms with Crippen LogP contribution in [0.4, 0.5) is 11.5 Å². The van der Waals surface area contributed by atoms with Crippen molar-refractivity contribution in [2.75, 3.05) is 89.2 Å². The lowest BCUT2D eigenvalue weighted by Gasteiger charge is -2.37. The highest BCUT2D eigenvalue weighted by Crippen LogP contribution is 2.38. The molecule has 12 nitrogen and oxygen atoms in total. The molecule has 0 aliphatic carbocycles. The molecule has 0 radical (unpaired) electrons. The Kier molecular flexibility index (Phi) is 9.03. The highest BCUT2D eigenvalue weighted by atomic mass is 32.2. The molecule has 44 heavy (non-hydrogen) atoms. The molecule has 0 amide bonds. The van der Waals surface area contributed by atoms with Crippen molar-refractivity contribution in [3.8, 4) is 11.5 Å². The van der Waals surface area contributed by atoms with E-state index in [1.54, 1.807) is 37.7 Å². The summed E-state index contributed by atoms with van der Waals surface area (Å²) in [5, 5.41) is 5.75. The van der Waals surface area contributed by atoms with Crippen molar-refractivity contribution >= 4 is 60.6 Å². The molecule has 6 rings (SSSR count). The summed E-state index contributed by atoms with van der Waals surface area (Å²) in [7, 11) is -1.59. The average Bonchev–Trinajstić information content (AvgIpc) is 3.40. The molecule has 0 atom stereocenters. The summed E-state index contributed by atoms with van der Waals surface area (Å²) in [4.78, 5) is 19.7. The summed E-state index contributed by atoms with van der Waals surface area (Å²) < 4.78 is 40.8. The van der Waals surface area contributed by atoms with Gasteiger partial charge < -0.3 is 34.3 Å². The van der Waals surface area contributed by atoms with Gasteiger partial charge in [-0.15, -0.1) is 0 Å². The number of nitrogens with zero attached hydrogens (tertiary/aromatic N) is 5. The number of morpholine rings is 1. The molecule has 2 fully saturated rings. The van der Waals surface area contributed by atoms with Crippen molar-refractivity contribution in [3.63, 3.8) is 0 Å². The molecule has 2 saturated heterocycles. The van der Waals surface area contributed by atoms with Crippen LogP contribution in [0.1, 0.15) is 6.42 Å². The zero-order valence-electron chi connectivity index (χ0n) is 24.9. The first-order chi connectivity index (χ1) is 21.3. The van der Waals surface area contributed by atoms with E-state index in [1.165, 1.54) is 6.26 Å². The fourth-order valence-corrected chi connectivity index (χ4v) is 6.56. The van der Waals surface area contributed by atoms with Gasteiger partial charge in [0.05, 0.1) is 42.7 Å². The summed E-state index contributed by atoms with van der Waals surface area (Å²) in [6, 6.07) is 10.6. The van der Waals surface area contributed by atoms with Gasteiger partial charge in [0, 0.05) is 69.2 Å². The number of benzene rings is 2. The molecule has 2 aliphatic rings. The van der Waals surface area contributed by atoms with Gasteiger partial charge in [0.1, 0.15) is 17.8 Å². The third-order valence-corrected chi connectivity index (χ3v) is 9.52. The maximum atomic E-state index is 11.8. The van der Waals surface area contributed by atoms with E-state index >= 15 is 0 Å². The number of thiocarbonyl (C=S) groups is 1. The van der Waals surface area contributed by atoms with Crippen molar-refractivity contribution in [1.29, 1.82) is 0 Å². The number of fused-ring (bicyclic) bond motifs is 3. The lowest BCUT2D eigenvalue weighted by molar-refractivity contribution is 0.0357. The number of ether oxygens (including phenoxy) is 3. The third-order valence-electron chi connectivity index (χ3n) is 8.03. The molecule has 4 aromatic rings. The second-order valence-electron chi connectivity index (χ2n) is 11.0. The van der Waals surface area contributed by atoms with Crippen LogP contribution in [0.5, 0.6) is 11.5 Å². The molecule has 2 N–H and O–H groups in total. The van der Waals surface area contributed by atoms with Gasteiger partial charge in [-0.25, -0.2) is 18.4 Å². The van der Waals surface area contributed by atoms with Gasteiger partial charge in [-0.3, -0.25) is 4.90 Å². The van der Waals surface area contributed by atoms with Crippen LogP contribution in [0.2, 0.25) is 0 Å². The minimum absolute atomic E-state index is 0.275. The second kappa shape index (κ2) is 13.1. The van der Waals surface area contributed by atoms with E-state index in [0.717, 1.165) is 85.8 Å². The molecular weight excluding hydrogens is 603 g/mol. The van der Waals surface area contributed by atoms with Crippen molar-refractivity contribution in [2.45, 2.75) is 11.3 Å². The Morgan fingerprint density at radius 2 is 1.80 bits per heavy atom. The van der Waals surface area contributed by atoms with E-state index in [0.29, 0.717) is 36.3 Å². The van der Waals surface area contributed by atoms with Gasteiger partial charge in [-0.05, 0) is 49.0 Å². The lowest BCUT2D eigenvalue weighted by atomic mass is 10.1. The van der Waals surface area contributed by atoms with Crippen molar-refractivity contribution in [2.24, 2.45) is 0 Å². The number of sulfone groups is 1. The number of anilines is 2. The van der Waals surface area contributed by atoms with Crippen molar-refractivity contribution < 1.29 is 22.6 Å². The zero-order valence-corrected chi connectivity index (χ0v) is 26.5. The van der Waals surface area contributed by atoms with Gasteiger partial charge in [-0.1, -0.05) is 0 Å². The quantitative estimate of drug-likeness (QED) is 0.207. The van der Waals surface area contributed by atoms with Crippen LogP contribution >= 0.6 is 12.2 Å². The molecule has 4 heterocycles. The first-order valence-electron chi connectivity index (χ1n) is 14.7. The Bertz CT molecular complexity index is 1730. The zero-order chi connectivity index (χ0) is 30.7. The Morgan fingerprint density at radius 1 is 1.05 bits per heavy atom. The van der Waals surface area contributed by atoms with Gasteiger partial charge in [0.2, 0.25) is 0 Å². The first-order valence-corrected chi connectivity index (χ1v) is 17.0. The number of rotatable bonds is 9. The van der Waals surface area contributed by atoms with Gasteiger partial charge in [-0.2, -0.15) is 0 Å². The van der Waals surface area contributed by atoms with Crippen molar-refractivity contribution in [1.82, 2.24) is 24.8 Å². The third kappa shape index (κ3) is 6.67. The Labute approximate surface area is 262 Å². The maximum absolute atomic E-state index is 11.8. The standard InChI is InChI=1S/C30H37N7O5S2/c1-40-25-18-23-24(19-26(25)42-15-3-8-35-13-16-41-17-14-35)34-28-27(23)29(32-20-31-28)36-9-11-37(12-10-36)30(43)33-21-4-6-22(7-5-21)44(2,38)39/h4-7,18-20H,3,8-17H2,1-2H3,(H,33,43)(H,31,32,34). The number of methoxy groups -OCH3 is 1. The highest BCUT2D eigenvalue weighted by molar-refractivity contribution is 7.90. The van der Waals surface area contributed by atoms with E-state index in [1.807, 2.05) is 12.1 Å². The van der Waals surface area contributed by atoms with Crippen LogP contribution in [0.25, 0.3) is 21.9 Å². The van der Waals surface area contributed by atoms with Crippen LogP contribution < -0.4 is 19.7 Å². The van der Waals surface area contributed by atoms with Gasteiger partial charge in [0.15, 0.2) is 26.4 Å². The van der Waals surface area contributed by atoms with E-state index in [9.17, 15) is 8.42 Å². The number of piperazine rings is 1. The molecule has 0 spiro atoms. The lowest BCUT2D eigenvalue weighted by Crippen LogP contribution is -2.50. The minimum atomic E-state index is -3.25. The number of nitrogens with one attached hydrogen (secondary N) is 2. The Morgan fingerprint density at radius 3 is 2.50 bits per heavy atom. The number of aromatic nitrogens is 3. The molecule has 2 aromatic carbocycles. The first kappa shape index (κ1) is 30.3. The molecule has 2 aromatic heterocycles. The molecule has 14 heteroatoms. The topological polar surface area (TPSA) is 125 Å². The molecule has 0 saturated carbocycles. The number of aromatic amines is 1. The van der Waals surface area contributed by atoms with E-state index < -0.39 is 9.84 Å². The van der Waals surface area contributed by atoms with Gasteiger partial charge >= 0.3 is 0 Å². The van der Waals surface area contributed by atoms with Crippen LogP contribution in [-0.2, 0) is 14.6 Å². The summed E-state index contributed by atoms with van der Waals surface area (Å²) in [6.45, 7) is 7.93. The highest BCUT2D eigenvalue weighted by Gasteiger charge is 2.24.